The number of nitrogens with zero attached hydrogens (tertiary/aromatic N) is 2. The fourth-order valence-corrected chi connectivity index (χ4v) is 2.75. The lowest BCUT2D eigenvalue weighted by molar-refractivity contribution is -0.0773. The van der Waals surface area contributed by atoms with Gasteiger partial charge in [-0.15, -0.1) is 0 Å². The number of aliphatic hydroxyl groups excluding tert-OH is 1. The van der Waals surface area contributed by atoms with Crippen molar-refractivity contribution in [1.29, 1.82) is 0 Å². The van der Waals surface area contributed by atoms with Gasteiger partial charge in [-0.3, -0.25) is 4.90 Å². The number of hydrogen-bond donors (Lipinski definition) is 3. The van der Waals surface area contributed by atoms with Gasteiger partial charge in [0.1, 0.15) is 5.82 Å². The van der Waals surface area contributed by atoms with Gasteiger partial charge in [-0.2, -0.15) is 0 Å². The van der Waals surface area contributed by atoms with Crippen LogP contribution in [0.3, 0.4) is 0 Å². The maximum absolute atomic E-state index is 9.22. The molecule has 2 atom stereocenters. The van der Waals surface area contributed by atoms with E-state index in [9.17, 15) is 5.11 Å². The first-order valence-electron chi connectivity index (χ1n) is 7.36. The predicted molar refractivity (Wildman–Crippen MR) is 82.1 cm³/mol. The Bertz CT molecular complexity index is 613. The van der Waals surface area contributed by atoms with Gasteiger partial charge in [0.15, 0.2) is 0 Å². The number of aromatic nitrogens is 2. The number of H-pyrrole nitrogens is 1. The molecule has 0 radical (unpaired) electrons. The summed E-state index contributed by atoms with van der Waals surface area (Å²) in [5, 5.41) is 9.22. The third kappa shape index (κ3) is 3.18. The zero-order valence-corrected chi connectivity index (χ0v) is 12.2. The smallest absolute Gasteiger partial charge is 0.108 e. The van der Waals surface area contributed by atoms with Gasteiger partial charge < -0.3 is 20.6 Å². The minimum absolute atomic E-state index is 0.0725. The lowest BCUT2D eigenvalue weighted by Crippen LogP contribution is -2.50. The van der Waals surface area contributed by atoms with Gasteiger partial charge in [-0.1, -0.05) is 0 Å². The zero-order chi connectivity index (χ0) is 14.8. The molecule has 2 heterocycles. The van der Waals surface area contributed by atoms with Crippen LogP contribution in [0.15, 0.2) is 18.2 Å². The number of ether oxygens (including phenoxy) is 1. The topological polar surface area (TPSA) is 87.4 Å². The highest BCUT2D eigenvalue weighted by atomic mass is 16.5. The van der Waals surface area contributed by atoms with E-state index in [0.717, 1.165) is 42.1 Å². The van der Waals surface area contributed by atoms with Gasteiger partial charge in [-0.05, 0) is 25.1 Å². The van der Waals surface area contributed by atoms with E-state index in [1.54, 1.807) is 0 Å². The molecule has 3 rings (SSSR count). The van der Waals surface area contributed by atoms with Crippen molar-refractivity contribution in [2.24, 2.45) is 0 Å². The maximum atomic E-state index is 9.22. The molecule has 6 heteroatoms. The summed E-state index contributed by atoms with van der Waals surface area (Å²) in [7, 11) is 0. The maximum Gasteiger partial charge on any atom is 0.108 e. The average Bonchev–Trinajstić information content (AvgIpc) is 2.88. The van der Waals surface area contributed by atoms with Crippen LogP contribution in [0.4, 0.5) is 5.69 Å². The fraction of sp³-hybridized carbons (Fsp3) is 0.533. The van der Waals surface area contributed by atoms with Crippen molar-refractivity contribution in [3.63, 3.8) is 0 Å². The van der Waals surface area contributed by atoms with Crippen LogP contribution in [0.25, 0.3) is 11.0 Å². The number of morpholine rings is 1. The summed E-state index contributed by atoms with van der Waals surface area (Å²) in [6.45, 7) is 4.56. The van der Waals surface area contributed by atoms with E-state index in [4.69, 9.17) is 10.5 Å². The van der Waals surface area contributed by atoms with E-state index in [2.05, 4.69) is 21.8 Å². The molecule has 6 nitrogen and oxygen atoms in total. The first-order chi connectivity index (χ1) is 10.2. The summed E-state index contributed by atoms with van der Waals surface area (Å²) in [6.07, 6.45) is 0.772. The van der Waals surface area contributed by atoms with Gasteiger partial charge in [0.05, 0.1) is 30.4 Å². The summed E-state index contributed by atoms with van der Waals surface area (Å²) >= 11 is 0. The van der Waals surface area contributed by atoms with Gasteiger partial charge in [0, 0.05) is 31.2 Å². The van der Waals surface area contributed by atoms with Crippen LogP contribution in [0, 0.1) is 0 Å². The number of nitrogens with one attached hydrogen (secondary N) is 1. The van der Waals surface area contributed by atoms with E-state index >= 15 is 0 Å². The molecule has 1 aliphatic rings. The molecule has 1 aliphatic heterocycles. The Morgan fingerprint density at radius 2 is 2.38 bits per heavy atom. The van der Waals surface area contributed by atoms with Crippen LogP contribution in [0.1, 0.15) is 12.7 Å². The number of nitrogen functional groups attached to an aromatic ring is 1. The number of rotatable bonds is 4. The number of aliphatic hydroxyl groups is 1. The van der Waals surface area contributed by atoms with Crippen molar-refractivity contribution in [2.45, 2.75) is 25.5 Å². The molecular formula is C15H22N4O2. The fourth-order valence-electron chi connectivity index (χ4n) is 2.75. The summed E-state index contributed by atoms with van der Waals surface area (Å²) in [4.78, 5) is 10.2. The number of nitrogens with two attached hydrogens (primary N) is 1. The number of imidazole rings is 1. The van der Waals surface area contributed by atoms with Crippen LogP contribution in [0.2, 0.25) is 0 Å². The zero-order valence-electron chi connectivity index (χ0n) is 12.2. The second kappa shape index (κ2) is 6.01. The second-order valence-corrected chi connectivity index (χ2v) is 5.69. The molecule has 114 valence electrons. The van der Waals surface area contributed by atoms with Crippen LogP contribution in [-0.2, 0) is 11.2 Å². The third-order valence-corrected chi connectivity index (χ3v) is 4.03. The van der Waals surface area contributed by atoms with Crippen molar-refractivity contribution in [1.82, 2.24) is 14.9 Å². The number of hydrogen-bond acceptors (Lipinski definition) is 5. The minimum Gasteiger partial charge on any atom is -0.399 e. The molecular weight excluding hydrogens is 268 g/mol. The lowest BCUT2D eigenvalue weighted by atomic mass is 10.2. The Hall–Kier alpha value is -1.63. The standard InChI is InChI=1S/C15H22N4O2/c1-10-9-21-12(8-20)7-19(10)5-4-15-17-13-3-2-11(16)6-14(13)18-15/h2-3,6,10,12,20H,4-5,7-9,16H2,1H3,(H,17,18). The van der Waals surface area contributed by atoms with Crippen molar-refractivity contribution < 1.29 is 9.84 Å². The van der Waals surface area contributed by atoms with Crippen LogP contribution in [-0.4, -0.2) is 58.4 Å². The van der Waals surface area contributed by atoms with E-state index in [1.807, 2.05) is 18.2 Å². The molecule has 0 amide bonds. The quantitative estimate of drug-likeness (QED) is 0.724. The Morgan fingerprint density at radius 3 is 3.19 bits per heavy atom. The molecule has 0 saturated carbocycles. The predicted octanol–water partition coefficient (Wildman–Crippen LogP) is 0.769. The van der Waals surface area contributed by atoms with E-state index in [0.29, 0.717) is 12.6 Å². The second-order valence-electron chi connectivity index (χ2n) is 5.69. The number of aromatic amines is 1. The molecule has 1 fully saturated rings. The highest BCUT2D eigenvalue weighted by molar-refractivity contribution is 5.78. The van der Waals surface area contributed by atoms with E-state index in [-0.39, 0.29) is 12.7 Å². The normalized spacial score (nSPS) is 23.7. The molecule has 0 aliphatic carbocycles. The average molecular weight is 290 g/mol. The molecule has 1 saturated heterocycles. The van der Waals surface area contributed by atoms with Gasteiger partial charge in [0.25, 0.3) is 0 Å². The minimum atomic E-state index is -0.0725. The van der Waals surface area contributed by atoms with Crippen LogP contribution >= 0.6 is 0 Å². The molecule has 0 bridgehead atoms. The Balaban J connectivity index is 1.65. The summed E-state index contributed by atoms with van der Waals surface area (Å²) < 4.78 is 5.55. The summed E-state index contributed by atoms with van der Waals surface area (Å²) in [5.74, 6) is 0.967. The van der Waals surface area contributed by atoms with Crippen LogP contribution in [0.5, 0.6) is 0 Å². The monoisotopic (exact) mass is 290 g/mol. The third-order valence-electron chi connectivity index (χ3n) is 4.03. The molecule has 2 unspecified atom stereocenters. The molecule has 1 aromatic carbocycles. The first-order valence-corrected chi connectivity index (χ1v) is 7.36. The SMILES string of the molecule is CC1COC(CO)CN1CCc1nc2ccc(N)cc2[nH]1. The molecule has 0 spiro atoms. The van der Waals surface area contributed by atoms with Crippen molar-refractivity contribution in [2.75, 3.05) is 32.0 Å². The molecule has 2 aromatic rings. The molecule has 1 aromatic heterocycles. The van der Waals surface area contributed by atoms with Gasteiger partial charge >= 0.3 is 0 Å². The first kappa shape index (κ1) is 14.3. The number of fused-ring (bicyclic) bond motifs is 1. The Kier molecular flexibility index (Phi) is 4.10. The largest absolute Gasteiger partial charge is 0.399 e. The summed E-state index contributed by atoms with van der Waals surface area (Å²) in [6, 6.07) is 6.07. The van der Waals surface area contributed by atoms with Gasteiger partial charge in [0.2, 0.25) is 0 Å². The van der Waals surface area contributed by atoms with E-state index < -0.39 is 0 Å². The lowest BCUT2D eigenvalue weighted by Gasteiger charge is -2.37. The number of benzene rings is 1. The van der Waals surface area contributed by atoms with Crippen molar-refractivity contribution >= 4 is 16.7 Å². The Labute approximate surface area is 123 Å². The molecule has 21 heavy (non-hydrogen) atoms. The summed E-state index contributed by atoms with van der Waals surface area (Å²) in [5.41, 5.74) is 8.45. The molecule has 4 N–H and O–H groups in total. The Morgan fingerprint density at radius 1 is 1.52 bits per heavy atom. The highest BCUT2D eigenvalue weighted by Crippen LogP contribution is 2.16. The number of anilines is 1. The van der Waals surface area contributed by atoms with Crippen molar-refractivity contribution in [3.8, 4) is 0 Å². The van der Waals surface area contributed by atoms with Crippen LogP contribution < -0.4 is 5.73 Å². The van der Waals surface area contributed by atoms with E-state index in [1.165, 1.54) is 0 Å². The van der Waals surface area contributed by atoms with Gasteiger partial charge in [-0.25, -0.2) is 4.98 Å². The highest BCUT2D eigenvalue weighted by Gasteiger charge is 2.25. The van der Waals surface area contributed by atoms with Crippen molar-refractivity contribution in [3.05, 3.63) is 24.0 Å².